The molecular weight excluding hydrogens is 358 g/mol. The number of aryl methyl sites for hydroxylation is 1. The van der Waals surface area contributed by atoms with Gasteiger partial charge in [-0.3, -0.25) is 14.9 Å². The number of nitro benzene ring substituents is 1. The number of anilines is 1. The smallest absolute Gasteiger partial charge is 0.293 e. The molecule has 0 radical (unpaired) electrons. The van der Waals surface area contributed by atoms with E-state index < -0.39 is 16.9 Å². The van der Waals surface area contributed by atoms with Crippen LogP contribution in [0, 0.1) is 10.1 Å². The summed E-state index contributed by atoms with van der Waals surface area (Å²) < 4.78 is 1.83. The Kier molecular flexibility index (Phi) is 5.69. The standard InChI is InChI=1S/C20H21N5O3/c1-3-21-16-10-9-15(13-17(16)25(27)28)20(26)23-18(14-7-5-4-6-8-14)19-22-11-12-24(19)2/h4-13,18,21H,3H2,1-2H3,(H,23,26)/t18-/m1/s1. The molecule has 0 saturated heterocycles. The molecule has 144 valence electrons. The molecule has 1 amide bonds. The predicted molar refractivity (Wildman–Crippen MR) is 106 cm³/mol. The number of imidazole rings is 1. The van der Waals surface area contributed by atoms with Crippen molar-refractivity contribution in [3.63, 3.8) is 0 Å². The van der Waals surface area contributed by atoms with E-state index in [1.54, 1.807) is 24.5 Å². The van der Waals surface area contributed by atoms with Gasteiger partial charge in [-0.1, -0.05) is 30.3 Å². The molecule has 0 saturated carbocycles. The average molecular weight is 379 g/mol. The van der Waals surface area contributed by atoms with Gasteiger partial charge in [0.05, 0.1) is 4.92 Å². The number of hydrogen-bond donors (Lipinski definition) is 2. The second-order valence-corrected chi connectivity index (χ2v) is 6.23. The van der Waals surface area contributed by atoms with Crippen molar-refractivity contribution in [2.75, 3.05) is 11.9 Å². The molecule has 1 atom stereocenters. The summed E-state index contributed by atoms with van der Waals surface area (Å²) in [6.07, 6.45) is 3.46. The SMILES string of the molecule is CCNc1ccc(C(=O)N[C@H](c2ccccc2)c2nccn2C)cc1[N+](=O)[O-]. The fourth-order valence-electron chi connectivity index (χ4n) is 2.98. The Morgan fingerprint density at radius 1 is 1.25 bits per heavy atom. The lowest BCUT2D eigenvalue weighted by molar-refractivity contribution is -0.384. The molecule has 0 aliphatic carbocycles. The zero-order valence-electron chi connectivity index (χ0n) is 15.6. The van der Waals surface area contributed by atoms with Crippen molar-refractivity contribution in [3.05, 3.63) is 88.0 Å². The number of rotatable bonds is 7. The lowest BCUT2D eigenvalue weighted by Crippen LogP contribution is -2.31. The van der Waals surface area contributed by atoms with Gasteiger partial charge in [0, 0.05) is 37.6 Å². The zero-order valence-corrected chi connectivity index (χ0v) is 15.6. The molecule has 2 N–H and O–H groups in total. The van der Waals surface area contributed by atoms with Crippen LogP contribution in [-0.4, -0.2) is 26.9 Å². The monoisotopic (exact) mass is 379 g/mol. The van der Waals surface area contributed by atoms with Gasteiger partial charge < -0.3 is 15.2 Å². The third kappa shape index (κ3) is 4.01. The highest BCUT2D eigenvalue weighted by Gasteiger charge is 2.23. The summed E-state index contributed by atoms with van der Waals surface area (Å²) in [6, 6.07) is 13.4. The number of carbonyl (C=O) groups is 1. The highest BCUT2D eigenvalue weighted by Crippen LogP contribution is 2.26. The Labute approximate surface area is 162 Å². The van der Waals surface area contributed by atoms with Crippen LogP contribution < -0.4 is 10.6 Å². The van der Waals surface area contributed by atoms with Gasteiger partial charge in [-0.25, -0.2) is 4.98 Å². The normalized spacial score (nSPS) is 11.6. The van der Waals surface area contributed by atoms with Crippen LogP contribution in [0.2, 0.25) is 0 Å². The Balaban J connectivity index is 1.94. The second kappa shape index (κ2) is 8.34. The van der Waals surface area contributed by atoms with Crippen LogP contribution in [0.3, 0.4) is 0 Å². The van der Waals surface area contributed by atoms with Crippen LogP contribution in [0.1, 0.15) is 34.7 Å². The number of hydrogen-bond acceptors (Lipinski definition) is 5. The summed E-state index contributed by atoms with van der Waals surface area (Å²) in [4.78, 5) is 28.1. The van der Waals surface area contributed by atoms with E-state index in [0.717, 1.165) is 5.56 Å². The van der Waals surface area contributed by atoms with Crippen molar-refractivity contribution in [2.24, 2.45) is 7.05 Å². The maximum Gasteiger partial charge on any atom is 0.293 e. The van der Waals surface area contributed by atoms with Crippen molar-refractivity contribution >= 4 is 17.3 Å². The van der Waals surface area contributed by atoms with Crippen LogP contribution in [0.15, 0.2) is 60.9 Å². The molecule has 8 nitrogen and oxygen atoms in total. The number of nitrogens with zero attached hydrogens (tertiary/aromatic N) is 3. The Morgan fingerprint density at radius 2 is 2.00 bits per heavy atom. The van der Waals surface area contributed by atoms with Crippen LogP contribution >= 0.6 is 0 Å². The molecule has 0 fully saturated rings. The number of amides is 1. The highest BCUT2D eigenvalue weighted by molar-refractivity contribution is 5.96. The maximum absolute atomic E-state index is 12.9. The molecule has 0 unspecified atom stereocenters. The van der Waals surface area contributed by atoms with Crippen LogP contribution in [0.25, 0.3) is 0 Å². The number of carbonyl (C=O) groups excluding carboxylic acids is 1. The van der Waals surface area contributed by atoms with Crippen molar-refractivity contribution in [2.45, 2.75) is 13.0 Å². The first-order valence-corrected chi connectivity index (χ1v) is 8.86. The predicted octanol–water partition coefficient (Wildman–Crippen LogP) is 3.28. The maximum atomic E-state index is 12.9. The molecule has 0 spiro atoms. The molecule has 1 heterocycles. The molecule has 0 aliphatic rings. The van der Waals surface area contributed by atoms with Gasteiger partial charge in [0.1, 0.15) is 17.6 Å². The molecule has 3 aromatic rings. The lowest BCUT2D eigenvalue weighted by Gasteiger charge is -2.19. The van der Waals surface area contributed by atoms with E-state index in [4.69, 9.17) is 0 Å². The average Bonchev–Trinajstić information content (AvgIpc) is 3.12. The Bertz CT molecular complexity index is 985. The Morgan fingerprint density at radius 3 is 2.61 bits per heavy atom. The van der Waals surface area contributed by atoms with E-state index >= 15 is 0 Å². The molecule has 2 aromatic carbocycles. The fraction of sp³-hybridized carbons (Fsp3) is 0.200. The summed E-state index contributed by atoms with van der Waals surface area (Å²) >= 11 is 0. The van der Waals surface area contributed by atoms with Crippen molar-refractivity contribution in [3.8, 4) is 0 Å². The third-order valence-electron chi connectivity index (χ3n) is 4.35. The first-order chi connectivity index (χ1) is 13.5. The molecular formula is C20H21N5O3. The van der Waals surface area contributed by atoms with Gasteiger partial charge in [0.15, 0.2) is 0 Å². The van der Waals surface area contributed by atoms with E-state index in [1.165, 1.54) is 6.07 Å². The van der Waals surface area contributed by atoms with E-state index in [9.17, 15) is 14.9 Å². The van der Waals surface area contributed by atoms with Gasteiger partial charge >= 0.3 is 0 Å². The van der Waals surface area contributed by atoms with Gasteiger partial charge in [0.2, 0.25) is 0 Å². The van der Waals surface area contributed by atoms with Crippen LogP contribution in [0.5, 0.6) is 0 Å². The molecule has 0 bridgehead atoms. The minimum absolute atomic E-state index is 0.136. The Hall–Kier alpha value is -3.68. The lowest BCUT2D eigenvalue weighted by atomic mass is 10.0. The van der Waals surface area contributed by atoms with Gasteiger partial charge in [-0.15, -0.1) is 0 Å². The summed E-state index contributed by atoms with van der Waals surface area (Å²) in [5.74, 6) is 0.251. The van der Waals surface area contributed by atoms with E-state index in [0.29, 0.717) is 18.1 Å². The first-order valence-electron chi connectivity index (χ1n) is 8.86. The van der Waals surface area contributed by atoms with E-state index in [-0.39, 0.29) is 11.3 Å². The minimum Gasteiger partial charge on any atom is -0.380 e. The van der Waals surface area contributed by atoms with Crippen molar-refractivity contribution in [1.29, 1.82) is 0 Å². The van der Waals surface area contributed by atoms with Gasteiger partial charge in [0.25, 0.3) is 11.6 Å². The minimum atomic E-state index is -0.498. The molecule has 0 aliphatic heterocycles. The van der Waals surface area contributed by atoms with Gasteiger partial charge in [-0.2, -0.15) is 0 Å². The number of nitrogens with one attached hydrogen (secondary N) is 2. The quantitative estimate of drug-likeness (QED) is 0.484. The summed E-state index contributed by atoms with van der Waals surface area (Å²) in [6.45, 7) is 2.39. The van der Waals surface area contributed by atoms with Crippen molar-refractivity contribution in [1.82, 2.24) is 14.9 Å². The number of aromatic nitrogens is 2. The van der Waals surface area contributed by atoms with Crippen LogP contribution in [0.4, 0.5) is 11.4 Å². The van der Waals surface area contributed by atoms with E-state index in [2.05, 4.69) is 15.6 Å². The molecule has 1 aromatic heterocycles. The third-order valence-corrected chi connectivity index (χ3v) is 4.35. The zero-order chi connectivity index (χ0) is 20.1. The topological polar surface area (TPSA) is 102 Å². The van der Waals surface area contributed by atoms with Crippen LogP contribution in [-0.2, 0) is 7.05 Å². The number of nitro groups is 1. The van der Waals surface area contributed by atoms with Crippen molar-refractivity contribution < 1.29 is 9.72 Å². The largest absolute Gasteiger partial charge is 0.380 e. The molecule has 8 heteroatoms. The summed E-state index contributed by atoms with van der Waals surface area (Å²) in [5, 5.41) is 17.2. The fourth-order valence-corrected chi connectivity index (χ4v) is 2.98. The van der Waals surface area contributed by atoms with Gasteiger partial charge in [-0.05, 0) is 24.6 Å². The highest BCUT2D eigenvalue weighted by atomic mass is 16.6. The second-order valence-electron chi connectivity index (χ2n) is 6.23. The summed E-state index contributed by atoms with van der Waals surface area (Å²) in [5.41, 5.74) is 1.32. The number of benzene rings is 2. The molecule has 3 rings (SSSR count). The first kappa shape index (κ1) is 19.1. The van der Waals surface area contributed by atoms with E-state index in [1.807, 2.05) is 48.9 Å². The molecule has 28 heavy (non-hydrogen) atoms. The summed E-state index contributed by atoms with van der Waals surface area (Å²) in [7, 11) is 1.85.